The number of nitrogens with one attached hydrogen (secondary N) is 1. The number of nitrogens with zero attached hydrogens (tertiary/aromatic N) is 1. The number of amides is 2. The molecule has 1 atom stereocenters. The van der Waals surface area contributed by atoms with E-state index < -0.39 is 0 Å². The second-order valence-corrected chi connectivity index (χ2v) is 9.60. The van der Waals surface area contributed by atoms with Gasteiger partial charge in [-0.15, -0.1) is 0 Å². The third kappa shape index (κ3) is 3.13. The molecule has 4 aliphatic rings. The molecule has 1 aliphatic heterocycles. The van der Waals surface area contributed by atoms with Crippen molar-refractivity contribution in [3.63, 3.8) is 0 Å². The molecule has 0 radical (unpaired) electrons. The predicted octanol–water partition coefficient (Wildman–Crippen LogP) is 4.47. The molecule has 1 heterocycles. The zero-order chi connectivity index (χ0) is 21.0. The Bertz CT molecular complexity index is 1180. The Hall–Kier alpha value is -3.14. The highest BCUT2D eigenvalue weighted by Crippen LogP contribution is 2.56. The average molecular weight is 411 g/mol. The van der Waals surface area contributed by atoms with Gasteiger partial charge in [0.1, 0.15) is 0 Å². The number of carbonyl (C=O) groups excluding carboxylic acids is 2. The fourth-order valence-corrected chi connectivity index (χ4v) is 5.77. The molecule has 4 nitrogen and oxygen atoms in total. The zero-order valence-electron chi connectivity index (χ0n) is 17.5. The summed E-state index contributed by atoms with van der Waals surface area (Å²) in [6.45, 7) is 0.545. The van der Waals surface area contributed by atoms with Crippen LogP contribution in [0.3, 0.4) is 0 Å². The number of rotatable bonds is 4. The minimum Gasteiger partial charge on any atom is -0.351 e. The first-order chi connectivity index (χ1) is 15.1. The van der Waals surface area contributed by atoms with Crippen LogP contribution in [0.1, 0.15) is 47.2 Å². The topological polar surface area (TPSA) is 49.4 Å². The molecule has 2 bridgehead atoms. The summed E-state index contributed by atoms with van der Waals surface area (Å²) in [6, 6.07) is 22.0. The van der Waals surface area contributed by atoms with E-state index in [2.05, 4.69) is 17.4 Å². The molecule has 3 aromatic rings. The van der Waals surface area contributed by atoms with Crippen molar-refractivity contribution in [2.24, 2.45) is 5.92 Å². The summed E-state index contributed by atoms with van der Waals surface area (Å²) in [5.41, 5.74) is 3.20. The monoisotopic (exact) mass is 410 g/mol. The minimum atomic E-state index is -0.131. The Morgan fingerprint density at radius 1 is 0.903 bits per heavy atom. The molecule has 0 saturated heterocycles. The van der Waals surface area contributed by atoms with Gasteiger partial charge in [0.25, 0.3) is 5.91 Å². The Balaban J connectivity index is 1.31. The molecule has 31 heavy (non-hydrogen) atoms. The van der Waals surface area contributed by atoms with Gasteiger partial charge < -0.3 is 10.2 Å². The van der Waals surface area contributed by atoms with Crippen molar-refractivity contribution in [3.05, 3.63) is 83.4 Å². The van der Waals surface area contributed by atoms with E-state index in [1.165, 1.54) is 11.1 Å². The van der Waals surface area contributed by atoms with Gasteiger partial charge in [0.2, 0.25) is 5.91 Å². The maximum atomic E-state index is 13.8. The van der Waals surface area contributed by atoms with E-state index in [1.807, 2.05) is 59.5 Å². The summed E-state index contributed by atoms with van der Waals surface area (Å²) < 4.78 is 0. The van der Waals surface area contributed by atoms with Gasteiger partial charge in [-0.2, -0.15) is 0 Å². The predicted molar refractivity (Wildman–Crippen MR) is 121 cm³/mol. The maximum absolute atomic E-state index is 13.8. The van der Waals surface area contributed by atoms with Crippen molar-refractivity contribution < 1.29 is 9.59 Å². The largest absolute Gasteiger partial charge is 0.351 e. The van der Waals surface area contributed by atoms with Crippen LogP contribution in [0.15, 0.2) is 66.7 Å². The molecule has 1 N–H and O–H groups in total. The third-order valence-corrected chi connectivity index (χ3v) is 7.50. The van der Waals surface area contributed by atoms with Gasteiger partial charge in [-0.25, -0.2) is 0 Å². The van der Waals surface area contributed by atoms with Gasteiger partial charge in [-0.1, -0.05) is 60.7 Å². The normalized spacial score (nSPS) is 25.9. The number of benzene rings is 3. The van der Waals surface area contributed by atoms with E-state index in [1.54, 1.807) is 0 Å². The van der Waals surface area contributed by atoms with E-state index in [9.17, 15) is 9.59 Å². The number of fused-ring (bicyclic) bond motifs is 2. The summed E-state index contributed by atoms with van der Waals surface area (Å²) >= 11 is 0. The second kappa shape index (κ2) is 6.94. The zero-order valence-corrected chi connectivity index (χ0v) is 17.5. The first-order valence-electron chi connectivity index (χ1n) is 11.3. The van der Waals surface area contributed by atoms with Gasteiger partial charge in [0.15, 0.2) is 0 Å². The number of hydrogen-bond donors (Lipinski definition) is 1. The molecule has 7 rings (SSSR count). The summed E-state index contributed by atoms with van der Waals surface area (Å²) in [5.74, 6) is 0.916. The summed E-state index contributed by atoms with van der Waals surface area (Å²) in [7, 11) is 0. The highest BCUT2D eigenvalue weighted by Gasteiger charge is 2.57. The van der Waals surface area contributed by atoms with Crippen LogP contribution in [-0.4, -0.2) is 28.3 Å². The van der Waals surface area contributed by atoms with Crippen LogP contribution in [0.4, 0.5) is 0 Å². The van der Waals surface area contributed by atoms with Crippen molar-refractivity contribution in [3.8, 4) is 0 Å². The van der Waals surface area contributed by atoms with Crippen molar-refractivity contribution in [2.75, 3.05) is 0 Å². The van der Waals surface area contributed by atoms with Crippen LogP contribution < -0.4 is 5.32 Å². The molecular weight excluding hydrogens is 384 g/mol. The molecule has 0 spiro atoms. The first kappa shape index (κ1) is 18.6. The van der Waals surface area contributed by atoms with E-state index in [-0.39, 0.29) is 23.4 Å². The van der Waals surface area contributed by atoms with Gasteiger partial charge in [-0.3, -0.25) is 9.59 Å². The lowest BCUT2D eigenvalue weighted by molar-refractivity contribution is -0.133. The highest BCUT2D eigenvalue weighted by molar-refractivity contribution is 6.07. The van der Waals surface area contributed by atoms with Gasteiger partial charge in [0, 0.05) is 30.1 Å². The van der Waals surface area contributed by atoms with Gasteiger partial charge in [0.05, 0.1) is 0 Å². The van der Waals surface area contributed by atoms with E-state index in [4.69, 9.17) is 0 Å². The summed E-state index contributed by atoms with van der Waals surface area (Å²) in [4.78, 5) is 28.6. The Labute approximate surface area is 182 Å². The lowest BCUT2D eigenvalue weighted by Crippen LogP contribution is -2.68. The van der Waals surface area contributed by atoms with Crippen molar-refractivity contribution in [1.29, 1.82) is 0 Å². The molecule has 3 aliphatic carbocycles. The Morgan fingerprint density at radius 3 is 2.39 bits per heavy atom. The lowest BCUT2D eigenvalue weighted by atomic mass is 9.50. The lowest BCUT2D eigenvalue weighted by Gasteiger charge is -2.62. The molecule has 1 unspecified atom stereocenters. The maximum Gasteiger partial charge on any atom is 0.255 e. The van der Waals surface area contributed by atoms with Crippen molar-refractivity contribution in [2.45, 2.75) is 50.2 Å². The van der Waals surface area contributed by atoms with E-state index in [0.29, 0.717) is 18.5 Å². The minimum absolute atomic E-state index is 0.00891. The summed E-state index contributed by atoms with van der Waals surface area (Å²) in [6.07, 6.45) is 4.47. The smallest absolute Gasteiger partial charge is 0.255 e. The Kier molecular flexibility index (Phi) is 4.17. The molecule has 4 heteroatoms. The van der Waals surface area contributed by atoms with E-state index >= 15 is 0 Å². The molecule has 0 aromatic heterocycles. The molecule has 2 amide bonds. The standard InChI is InChI=1S/C27H26N2O2/c30-25(28-27-14-18(15-27)16-27)13-22-12-20-7-1-2-8-21(20)17-29(22)26(31)24-11-5-9-19-6-3-4-10-23(19)24/h1-11,18,22H,12-17H2,(H,28,30). The molecule has 3 saturated carbocycles. The molecule has 3 aromatic carbocycles. The van der Waals surface area contributed by atoms with Gasteiger partial charge in [-0.05, 0) is 59.6 Å². The second-order valence-electron chi connectivity index (χ2n) is 9.60. The van der Waals surface area contributed by atoms with Crippen LogP contribution in [0.2, 0.25) is 0 Å². The van der Waals surface area contributed by atoms with Crippen LogP contribution in [-0.2, 0) is 17.8 Å². The Morgan fingerprint density at radius 2 is 1.61 bits per heavy atom. The first-order valence-corrected chi connectivity index (χ1v) is 11.3. The fraction of sp³-hybridized carbons (Fsp3) is 0.333. The molecule has 3 fully saturated rings. The van der Waals surface area contributed by atoms with Crippen LogP contribution in [0, 0.1) is 5.92 Å². The van der Waals surface area contributed by atoms with Crippen molar-refractivity contribution in [1.82, 2.24) is 10.2 Å². The van der Waals surface area contributed by atoms with Crippen LogP contribution in [0.25, 0.3) is 10.8 Å². The highest BCUT2D eigenvalue weighted by atomic mass is 16.2. The van der Waals surface area contributed by atoms with E-state index in [0.717, 1.165) is 42.4 Å². The fourth-order valence-electron chi connectivity index (χ4n) is 5.77. The van der Waals surface area contributed by atoms with Crippen LogP contribution in [0.5, 0.6) is 0 Å². The quantitative estimate of drug-likeness (QED) is 0.690. The number of hydrogen-bond acceptors (Lipinski definition) is 2. The van der Waals surface area contributed by atoms with Crippen molar-refractivity contribution >= 4 is 22.6 Å². The third-order valence-electron chi connectivity index (χ3n) is 7.50. The van der Waals surface area contributed by atoms with Gasteiger partial charge >= 0.3 is 0 Å². The molecular formula is C27H26N2O2. The number of carbonyl (C=O) groups is 2. The van der Waals surface area contributed by atoms with Crippen LogP contribution >= 0.6 is 0 Å². The molecule has 156 valence electrons. The average Bonchev–Trinajstić information content (AvgIpc) is 2.74. The summed E-state index contributed by atoms with van der Waals surface area (Å²) in [5, 5.41) is 5.30. The SMILES string of the molecule is O=C(CC1Cc2ccccc2CN1C(=O)c1cccc2ccccc12)NC12CC(C1)C2.